The van der Waals surface area contributed by atoms with Crippen molar-refractivity contribution >= 4 is 5.97 Å². The minimum atomic E-state index is -0.466. The van der Waals surface area contributed by atoms with Crippen molar-refractivity contribution in [2.24, 2.45) is 0 Å². The van der Waals surface area contributed by atoms with E-state index in [9.17, 15) is 4.79 Å². The zero-order chi connectivity index (χ0) is 19.1. The van der Waals surface area contributed by atoms with Crippen LogP contribution in [0.2, 0.25) is 0 Å². The molecule has 0 aliphatic rings. The van der Waals surface area contributed by atoms with E-state index in [1.807, 2.05) is 24.3 Å². The van der Waals surface area contributed by atoms with Crippen molar-refractivity contribution in [3.63, 3.8) is 0 Å². The van der Waals surface area contributed by atoms with Crippen molar-refractivity contribution in [3.05, 3.63) is 78.1 Å². The standard InChI is InChI=1S/C21H19NO5/c1-24-19-10-9-15(12-20(19)25-2)21(23)26-14-16-6-3-4-8-18(16)27-17-7-5-11-22-13-17/h3-13H,14H2,1-2H3. The summed E-state index contributed by atoms with van der Waals surface area (Å²) in [6.07, 6.45) is 3.29. The molecule has 6 heteroatoms. The highest BCUT2D eigenvalue weighted by Gasteiger charge is 2.13. The molecule has 0 bridgehead atoms. The molecule has 0 aliphatic heterocycles. The van der Waals surface area contributed by atoms with Crippen LogP contribution in [0.25, 0.3) is 0 Å². The first-order chi connectivity index (χ1) is 13.2. The SMILES string of the molecule is COc1ccc(C(=O)OCc2ccccc2Oc2cccnc2)cc1OC. The fraction of sp³-hybridized carbons (Fsp3) is 0.143. The van der Waals surface area contributed by atoms with E-state index in [0.717, 1.165) is 5.56 Å². The summed E-state index contributed by atoms with van der Waals surface area (Å²) in [5, 5.41) is 0. The minimum absolute atomic E-state index is 0.0730. The van der Waals surface area contributed by atoms with Gasteiger partial charge in [-0.1, -0.05) is 18.2 Å². The maximum absolute atomic E-state index is 12.4. The molecule has 0 fully saturated rings. The predicted octanol–water partition coefficient (Wildman–Crippen LogP) is 4.25. The summed E-state index contributed by atoms with van der Waals surface area (Å²) in [5.74, 6) is 1.76. The van der Waals surface area contributed by atoms with Crippen LogP contribution < -0.4 is 14.2 Å². The number of nitrogens with zero attached hydrogens (tertiary/aromatic N) is 1. The van der Waals surface area contributed by atoms with Gasteiger partial charge in [0.05, 0.1) is 26.0 Å². The van der Waals surface area contributed by atoms with Crippen molar-refractivity contribution < 1.29 is 23.7 Å². The van der Waals surface area contributed by atoms with Gasteiger partial charge < -0.3 is 18.9 Å². The van der Waals surface area contributed by atoms with Crippen molar-refractivity contribution in [1.82, 2.24) is 4.98 Å². The Kier molecular flexibility index (Phi) is 5.89. The van der Waals surface area contributed by atoms with E-state index in [2.05, 4.69) is 4.98 Å². The van der Waals surface area contributed by atoms with Crippen LogP contribution in [0.5, 0.6) is 23.0 Å². The maximum Gasteiger partial charge on any atom is 0.338 e. The third kappa shape index (κ3) is 4.55. The molecule has 3 rings (SSSR count). The summed E-state index contributed by atoms with van der Waals surface area (Å²) in [5.41, 5.74) is 1.12. The highest BCUT2D eigenvalue weighted by molar-refractivity contribution is 5.90. The number of methoxy groups -OCH3 is 2. The topological polar surface area (TPSA) is 66.9 Å². The Hall–Kier alpha value is -3.54. The first-order valence-corrected chi connectivity index (χ1v) is 8.26. The van der Waals surface area contributed by atoms with Crippen LogP contribution in [0.3, 0.4) is 0 Å². The van der Waals surface area contributed by atoms with Crippen LogP contribution in [-0.2, 0) is 11.3 Å². The van der Waals surface area contributed by atoms with Gasteiger partial charge >= 0.3 is 5.97 Å². The summed E-state index contributed by atoms with van der Waals surface area (Å²) in [6.45, 7) is 0.0730. The lowest BCUT2D eigenvalue weighted by Crippen LogP contribution is -2.06. The highest BCUT2D eigenvalue weighted by Crippen LogP contribution is 2.29. The second-order valence-electron chi connectivity index (χ2n) is 5.54. The molecule has 3 aromatic rings. The first kappa shape index (κ1) is 18.3. The fourth-order valence-corrected chi connectivity index (χ4v) is 2.45. The van der Waals surface area contributed by atoms with E-state index in [1.54, 1.807) is 42.7 Å². The van der Waals surface area contributed by atoms with Crippen molar-refractivity contribution in [3.8, 4) is 23.0 Å². The molecule has 0 radical (unpaired) electrons. The number of rotatable bonds is 7. The molecular weight excluding hydrogens is 346 g/mol. The summed E-state index contributed by atoms with van der Waals surface area (Å²) >= 11 is 0. The molecule has 27 heavy (non-hydrogen) atoms. The molecule has 0 N–H and O–H groups in total. The Bertz CT molecular complexity index is 911. The lowest BCUT2D eigenvalue weighted by molar-refractivity contribution is 0.0470. The van der Waals surface area contributed by atoms with Gasteiger partial charge in [-0.15, -0.1) is 0 Å². The second kappa shape index (κ2) is 8.71. The van der Waals surface area contributed by atoms with Gasteiger partial charge in [-0.2, -0.15) is 0 Å². The van der Waals surface area contributed by atoms with Crippen LogP contribution in [-0.4, -0.2) is 25.2 Å². The lowest BCUT2D eigenvalue weighted by Gasteiger charge is -2.12. The summed E-state index contributed by atoms with van der Waals surface area (Å²) in [7, 11) is 3.05. The Labute approximate surface area is 157 Å². The van der Waals surface area contributed by atoms with E-state index >= 15 is 0 Å². The van der Waals surface area contributed by atoms with Gasteiger partial charge in [0.1, 0.15) is 18.1 Å². The molecular formula is C21H19NO5. The molecule has 138 valence electrons. The zero-order valence-corrected chi connectivity index (χ0v) is 15.0. The van der Waals surface area contributed by atoms with Crippen LogP contribution in [0.4, 0.5) is 0 Å². The molecule has 0 atom stereocenters. The molecule has 0 aliphatic carbocycles. The average Bonchev–Trinajstić information content (AvgIpc) is 2.73. The third-order valence-electron chi connectivity index (χ3n) is 3.81. The summed E-state index contributed by atoms with van der Waals surface area (Å²) in [4.78, 5) is 16.4. The average molecular weight is 365 g/mol. The number of benzene rings is 2. The number of para-hydroxylation sites is 1. The van der Waals surface area contributed by atoms with E-state index in [-0.39, 0.29) is 6.61 Å². The van der Waals surface area contributed by atoms with Crippen LogP contribution in [0.1, 0.15) is 15.9 Å². The molecule has 0 unspecified atom stereocenters. The second-order valence-corrected chi connectivity index (χ2v) is 5.54. The van der Waals surface area contributed by atoms with E-state index in [1.165, 1.54) is 14.2 Å². The van der Waals surface area contributed by atoms with Crippen molar-refractivity contribution in [2.45, 2.75) is 6.61 Å². The smallest absolute Gasteiger partial charge is 0.338 e. The Morgan fingerprint density at radius 1 is 0.926 bits per heavy atom. The summed E-state index contributed by atoms with van der Waals surface area (Å²) < 4.78 is 21.6. The van der Waals surface area contributed by atoms with Gasteiger partial charge in [-0.05, 0) is 36.4 Å². The Balaban J connectivity index is 1.71. The van der Waals surface area contributed by atoms with Gasteiger partial charge in [0.25, 0.3) is 0 Å². The van der Waals surface area contributed by atoms with Gasteiger partial charge in [-0.25, -0.2) is 4.79 Å². The van der Waals surface area contributed by atoms with Gasteiger partial charge in [0, 0.05) is 11.8 Å². The summed E-state index contributed by atoms with van der Waals surface area (Å²) in [6, 6.07) is 15.8. The number of carbonyl (C=O) groups is 1. The monoisotopic (exact) mass is 365 g/mol. The first-order valence-electron chi connectivity index (χ1n) is 8.26. The number of hydrogen-bond donors (Lipinski definition) is 0. The Morgan fingerprint density at radius 3 is 2.48 bits per heavy atom. The fourth-order valence-electron chi connectivity index (χ4n) is 2.45. The van der Waals surface area contributed by atoms with E-state index in [4.69, 9.17) is 18.9 Å². The number of aromatic nitrogens is 1. The van der Waals surface area contributed by atoms with Crippen molar-refractivity contribution in [1.29, 1.82) is 0 Å². The third-order valence-corrected chi connectivity index (χ3v) is 3.81. The number of ether oxygens (including phenoxy) is 4. The molecule has 6 nitrogen and oxygen atoms in total. The molecule has 2 aromatic carbocycles. The van der Waals surface area contributed by atoms with E-state index < -0.39 is 5.97 Å². The molecule has 1 heterocycles. The largest absolute Gasteiger partial charge is 0.493 e. The number of hydrogen-bond acceptors (Lipinski definition) is 6. The Morgan fingerprint density at radius 2 is 1.74 bits per heavy atom. The number of carbonyl (C=O) groups excluding carboxylic acids is 1. The van der Waals surface area contributed by atoms with Crippen molar-refractivity contribution in [2.75, 3.05) is 14.2 Å². The molecule has 1 aromatic heterocycles. The maximum atomic E-state index is 12.4. The minimum Gasteiger partial charge on any atom is -0.493 e. The van der Waals surface area contributed by atoms with Gasteiger partial charge in [0.15, 0.2) is 11.5 Å². The molecule has 0 saturated carbocycles. The van der Waals surface area contributed by atoms with Gasteiger partial charge in [0.2, 0.25) is 0 Å². The van der Waals surface area contributed by atoms with Crippen LogP contribution in [0, 0.1) is 0 Å². The molecule has 0 spiro atoms. The van der Waals surface area contributed by atoms with Crippen LogP contribution in [0.15, 0.2) is 67.0 Å². The quantitative estimate of drug-likeness (QED) is 0.583. The normalized spacial score (nSPS) is 10.1. The zero-order valence-electron chi connectivity index (χ0n) is 15.0. The van der Waals surface area contributed by atoms with Crippen LogP contribution >= 0.6 is 0 Å². The van der Waals surface area contributed by atoms with Gasteiger partial charge in [-0.3, -0.25) is 4.98 Å². The highest BCUT2D eigenvalue weighted by atomic mass is 16.5. The predicted molar refractivity (Wildman–Crippen MR) is 99.4 cm³/mol. The van der Waals surface area contributed by atoms with E-state index in [0.29, 0.717) is 28.6 Å². The number of pyridine rings is 1. The molecule has 0 saturated heterocycles. The molecule has 0 amide bonds. The lowest BCUT2D eigenvalue weighted by atomic mass is 10.2. The number of esters is 1.